The van der Waals surface area contributed by atoms with Crippen molar-refractivity contribution in [2.75, 3.05) is 6.54 Å². The van der Waals surface area contributed by atoms with Crippen LogP contribution in [-0.4, -0.2) is 44.2 Å². The molecule has 1 saturated carbocycles. The summed E-state index contributed by atoms with van der Waals surface area (Å²) in [6, 6.07) is 6.71. The first-order valence-electron chi connectivity index (χ1n) is 13.3. The molecule has 224 valence electrons. The largest absolute Gasteiger partial charge is 0.435 e. The van der Waals surface area contributed by atoms with Crippen LogP contribution in [0.25, 0.3) is 0 Å². The van der Waals surface area contributed by atoms with Gasteiger partial charge in [0, 0.05) is 22.5 Å². The number of alkyl halides is 7. The zero-order chi connectivity index (χ0) is 30.0. The van der Waals surface area contributed by atoms with Crippen LogP contribution in [0.5, 0.6) is 0 Å². The van der Waals surface area contributed by atoms with Gasteiger partial charge in [0.1, 0.15) is 4.75 Å². The number of nitrogens with zero attached hydrogens (tertiary/aromatic N) is 1. The molecule has 0 spiro atoms. The minimum Gasteiger partial charge on any atom is -0.337 e. The van der Waals surface area contributed by atoms with E-state index in [1.54, 1.807) is 11.0 Å². The lowest BCUT2D eigenvalue weighted by Gasteiger charge is -2.43. The van der Waals surface area contributed by atoms with Crippen LogP contribution < -0.4 is 0 Å². The minimum atomic E-state index is -6.30. The Balaban J connectivity index is 1.68. The summed E-state index contributed by atoms with van der Waals surface area (Å²) in [5, 5.41) is 0. The predicted octanol–water partition coefficient (Wildman–Crippen LogP) is 7.54. The summed E-state index contributed by atoms with van der Waals surface area (Å²) < 4.78 is 124. The fourth-order valence-corrected chi connectivity index (χ4v) is 9.89. The molecule has 2 fully saturated rings. The van der Waals surface area contributed by atoms with Gasteiger partial charge in [0.25, 0.3) is 0 Å². The quantitative estimate of drug-likeness (QED) is 0.316. The van der Waals surface area contributed by atoms with E-state index in [2.05, 4.69) is 15.9 Å². The molecule has 2 atom stereocenters. The first kappa shape index (κ1) is 30.3. The van der Waals surface area contributed by atoms with E-state index in [9.17, 15) is 43.9 Å². The van der Waals surface area contributed by atoms with E-state index in [-0.39, 0.29) is 53.7 Å². The number of aryl methyl sites for hydroxylation is 1. The number of rotatable bonds is 4. The second-order valence-electron chi connectivity index (χ2n) is 11.0. The Labute approximate surface area is 241 Å². The van der Waals surface area contributed by atoms with Gasteiger partial charge in [-0.25, -0.2) is 12.8 Å². The molecular weight excluding hydrogens is 643 g/mol. The molecule has 2 aliphatic carbocycles. The monoisotopic (exact) mass is 669 g/mol. The van der Waals surface area contributed by atoms with Gasteiger partial charge in [-0.15, -0.1) is 0 Å². The van der Waals surface area contributed by atoms with Crippen LogP contribution in [0.4, 0.5) is 30.7 Å². The zero-order valence-electron chi connectivity index (χ0n) is 21.7. The van der Waals surface area contributed by atoms with Crippen molar-refractivity contribution in [3.05, 3.63) is 63.6 Å². The molecule has 4 nitrogen and oxygen atoms in total. The van der Waals surface area contributed by atoms with Crippen molar-refractivity contribution < 1.29 is 43.9 Å². The molecule has 0 aromatic heterocycles. The van der Waals surface area contributed by atoms with Gasteiger partial charge >= 0.3 is 18.0 Å². The normalized spacial score (nSPS) is 24.2. The van der Waals surface area contributed by atoms with Gasteiger partial charge in [0.15, 0.2) is 9.84 Å². The van der Waals surface area contributed by atoms with Gasteiger partial charge < -0.3 is 4.90 Å². The van der Waals surface area contributed by atoms with Gasteiger partial charge in [0.05, 0.1) is 10.9 Å². The molecule has 1 aliphatic heterocycles. The Hall–Kier alpha value is -2.15. The average molecular weight is 670 g/mol. The van der Waals surface area contributed by atoms with Crippen LogP contribution in [0, 0.1) is 5.92 Å². The summed E-state index contributed by atoms with van der Waals surface area (Å²) in [5.41, 5.74) is -7.40. The molecule has 13 heteroatoms. The molecule has 2 aromatic carbocycles. The Bertz CT molecular complexity index is 1440. The van der Waals surface area contributed by atoms with Crippen LogP contribution in [0.1, 0.15) is 61.6 Å². The van der Waals surface area contributed by atoms with Gasteiger partial charge in [-0.05, 0) is 61.4 Å². The fraction of sp³-hybridized carbons (Fsp3) is 0.536. The summed E-state index contributed by atoms with van der Waals surface area (Å²) in [5.74, 6) is -0.458. The number of carbonyl (C=O) groups excluding carboxylic acids is 1. The molecule has 3 aliphatic rings. The van der Waals surface area contributed by atoms with Gasteiger partial charge in [-0.2, -0.15) is 26.3 Å². The first-order valence-corrected chi connectivity index (χ1v) is 15.6. The van der Waals surface area contributed by atoms with Crippen LogP contribution in [-0.2, 0) is 31.5 Å². The van der Waals surface area contributed by atoms with E-state index < -0.39 is 44.2 Å². The first-order chi connectivity index (χ1) is 19.1. The highest BCUT2D eigenvalue weighted by Crippen LogP contribution is 2.57. The second-order valence-corrected chi connectivity index (χ2v) is 14.2. The maximum absolute atomic E-state index is 15.0. The maximum Gasteiger partial charge on any atom is 0.435 e. The zero-order valence-corrected chi connectivity index (χ0v) is 24.1. The molecular formula is C28H27BrF7NO3S. The number of halogens is 8. The molecule has 0 bridgehead atoms. The van der Waals surface area contributed by atoms with Crippen molar-refractivity contribution in [1.29, 1.82) is 0 Å². The second kappa shape index (κ2) is 10.2. The number of sulfone groups is 1. The number of benzene rings is 2. The fourth-order valence-electron chi connectivity index (χ4n) is 6.92. The topological polar surface area (TPSA) is 54.5 Å². The average Bonchev–Trinajstić information content (AvgIpc) is 3.33. The summed E-state index contributed by atoms with van der Waals surface area (Å²) in [6.07, 6.45) is -8.77. The highest BCUT2D eigenvalue weighted by atomic mass is 79.9. The lowest BCUT2D eigenvalue weighted by molar-refractivity contribution is -0.348. The molecule has 5 rings (SSSR count). The van der Waals surface area contributed by atoms with E-state index in [4.69, 9.17) is 0 Å². The molecule has 41 heavy (non-hydrogen) atoms. The van der Waals surface area contributed by atoms with Gasteiger partial charge in [-0.1, -0.05) is 59.5 Å². The number of amides is 1. The van der Waals surface area contributed by atoms with Crippen molar-refractivity contribution >= 4 is 31.7 Å². The third kappa shape index (κ3) is 4.60. The molecule has 1 amide bonds. The SMILES string of the molecule is O=C(C1CCCCC1)N1CCC2(S(=O)(=O)c3cccc(Br)c3)c3ccc(C(F)(C(F)(F)F)C(F)(F)F)cc3CCC12. The van der Waals surface area contributed by atoms with E-state index in [0.29, 0.717) is 29.4 Å². The third-order valence-electron chi connectivity index (χ3n) is 8.89. The van der Waals surface area contributed by atoms with E-state index in [1.165, 1.54) is 18.2 Å². The Morgan fingerprint density at radius 1 is 0.902 bits per heavy atom. The van der Waals surface area contributed by atoms with E-state index >= 15 is 0 Å². The lowest BCUT2D eigenvalue weighted by atomic mass is 9.76. The van der Waals surface area contributed by atoms with E-state index in [0.717, 1.165) is 25.3 Å². The molecule has 1 saturated heterocycles. The molecule has 0 radical (unpaired) electrons. The van der Waals surface area contributed by atoms with E-state index in [1.807, 2.05) is 0 Å². The van der Waals surface area contributed by atoms with Gasteiger partial charge in [-0.3, -0.25) is 4.79 Å². The standard InChI is InChI=1S/C28H27BrF7NO3S/c29-20-7-4-8-21(16-20)41(39,40)25-13-14-37(24(38)17-5-2-1-3-6-17)23(25)12-9-18-15-19(10-11-22(18)25)26(30,27(31,32)33)28(34,35)36/h4,7-8,10-11,15-17,23H,1-3,5-6,9,12-14H2. The summed E-state index contributed by atoms with van der Waals surface area (Å²) in [4.78, 5) is 15.1. The van der Waals surface area contributed by atoms with Crippen LogP contribution in [0.2, 0.25) is 0 Å². The third-order valence-corrected chi connectivity index (χ3v) is 11.9. The predicted molar refractivity (Wildman–Crippen MR) is 139 cm³/mol. The van der Waals surface area contributed by atoms with Crippen molar-refractivity contribution in [3.8, 4) is 0 Å². The molecule has 2 unspecified atom stereocenters. The Morgan fingerprint density at radius 3 is 2.17 bits per heavy atom. The van der Waals surface area contributed by atoms with Crippen molar-refractivity contribution in [2.24, 2.45) is 5.92 Å². The van der Waals surface area contributed by atoms with Crippen molar-refractivity contribution in [1.82, 2.24) is 4.90 Å². The number of fused-ring (bicyclic) bond motifs is 3. The lowest BCUT2D eigenvalue weighted by Crippen LogP contribution is -2.53. The van der Waals surface area contributed by atoms with Crippen molar-refractivity contribution in [3.63, 3.8) is 0 Å². The summed E-state index contributed by atoms with van der Waals surface area (Å²) >= 11 is 3.25. The maximum atomic E-state index is 15.0. The number of hydrogen-bond acceptors (Lipinski definition) is 3. The Morgan fingerprint density at radius 2 is 1.56 bits per heavy atom. The summed E-state index contributed by atoms with van der Waals surface area (Å²) in [6.45, 7) is 0.0621. The number of likely N-dealkylation sites (tertiary alicyclic amines) is 1. The smallest absolute Gasteiger partial charge is 0.337 e. The summed E-state index contributed by atoms with van der Waals surface area (Å²) in [7, 11) is -4.36. The highest BCUT2D eigenvalue weighted by molar-refractivity contribution is 9.10. The molecule has 2 aromatic rings. The van der Waals surface area contributed by atoms with Gasteiger partial charge in [0.2, 0.25) is 5.91 Å². The van der Waals surface area contributed by atoms with Crippen LogP contribution in [0.15, 0.2) is 51.8 Å². The molecule has 0 N–H and O–H groups in total. The molecule has 1 heterocycles. The Kier molecular flexibility index (Phi) is 7.57. The van der Waals surface area contributed by atoms with Crippen LogP contribution >= 0.6 is 15.9 Å². The highest BCUT2D eigenvalue weighted by Gasteiger charge is 2.74. The van der Waals surface area contributed by atoms with Crippen LogP contribution in [0.3, 0.4) is 0 Å². The van der Waals surface area contributed by atoms with Crippen molar-refractivity contribution in [2.45, 2.75) is 85.1 Å². The minimum absolute atomic E-state index is 0.00289. The number of hydrogen-bond donors (Lipinski definition) is 0. The number of carbonyl (C=O) groups is 1.